The third-order valence-electron chi connectivity index (χ3n) is 6.45. The largest absolute Gasteiger partial charge is 0.489 e. The van der Waals surface area contributed by atoms with Gasteiger partial charge in [0.05, 0.1) is 0 Å². The molecule has 3 rings (SSSR count). The molecule has 2 fully saturated rings. The van der Waals surface area contributed by atoms with E-state index >= 15 is 0 Å². The van der Waals surface area contributed by atoms with Gasteiger partial charge in [0, 0.05) is 17.0 Å². The third kappa shape index (κ3) is 2.09. The number of hydrogen-bond acceptors (Lipinski definition) is 2. The maximum atomic E-state index is 13.5. The van der Waals surface area contributed by atoms with Crippen LogP contribution in [0, 0.1) is 22.6 Å². The Kier molecular flexibility index (Phi) is 3.32. The van der Waals surface area contributed by atoms with Gasteiger partial charge >= 0.3 is 0 Å². The highest BCUT2D eigenvalue weighted by molar-refractivity contribution is 5.36. The summed E-state index contributed by atoms with van der Waals surface area (Å²) in [5.41, 5.74) is 7.24. The van der Waals surface area contributed by atoms with E-state index in [4.69, 9.17) is 10.5 Å². The Hall–Kier alpha value is -1.09. The van der Waals surface area contributed by atoms with Crippen molar-refractivity contribution in [2.45, 2.75) is 59.1 Å². The van der Waals surface area contributed by atoms with Gasteiger partial charge < -0.3 is 10.5 Å². The van der Waals surface area contributed by atoms with Crippen LogP contribution >= 0.6 is 0 Å². The van der Waals surface area contributed by atoms with Crippen LogP contribution in [0.2, 0.25) is 0 Å². The standard InChI is InChI=1S/C18H26FNO/c1-11(20)14-10-13(19)5-6-15(14)21-16-9-12-7-8-18(16,4)17(12,2)3/h5-6,10-12,16H,7-9,20H2,1-4H3. The molecule has 2 aliphatic carbocycles. The molecule has 2 saturated carbocycles. The minimum atomic E-state index is -0.255. The molecule has 0 saturated heterocycles. The molecule has 0 aliphatic heterocycles. The molecule has 0 amide bonds. The molecule has 4 atom stereocenters. The summed E-state index contributed by atoms with van der Waals surface area (Å²) >= 11 is 0. The number of halogens is 1. The fraction of sp³-hybridized carbons (Fsp3) is 0.667. The molecule has 1 aromatic carbocycles. The monoisotopic (exact) mass is 291 g/mol. The Balaban J connectivity index is 1.89. The highest BCUT2D eigenvalue weighted by Crippen LogP contribution is 2.66. The summed E-state index contributed by atoms with van der Waals surface area (Å²) in [4.78, 5) is 0. The Morgan fingerprint density at radius 3 is 2.57 bits per heavy atom. The topological polar surface area (TPSA) is 35.2 Å². The van der Waals surface area contributed by atoms with Gasteiger partial charge in [-0.2, -0.15) is 0 Å². The van der Waals surface area contributed by atoms with E-state index in [0.717, 1.165) is 23.7 Å². The van der Waals surface area contributed by atoms with E-state index < -0.39 is 0 Å². The first kappa shape index (κ1) is 14.8. The van der Waals surface area contributed by atoms with Gasteiger partial charge in [-0.1, -0.05) is 20.8 Å². The van der Waals surface area contributed by atoms with E-state index in [-0.39, 0.29) is 23.4 Å². The quantitative estimate of drug-likeness (QED) is 0.893. The molecule has 3 heteroatoms. The summed E-state index contributed by atoms with van der Waals surface area (Å²) in [6.07, 6.45) is 3.81. The van der Waals surface area contributed by atoms with Crippen LogP contribution in [0.25, 0.3) is 0 Å². The zero-order chi connectivity index (χ0) is 15.4. The summed E-state index contributed by atoms with van der Waals surface area (Å²) in [7, 11) is 0. The first-order chi connectivity index (χ1) is 9.75. The molecule has 0 radical (unpaired) electrons. The first-order valence-electron chi connectivity index (χ1n) is 7.97. The number of benzene rings is 1. The summed E-state index contributed by atoms with van der Waals surface area (Å²) in [5, 5.41) is 0. The predicted octanol–water partition coefficient (Wildman–Crippen LogP) is 4.44. The minimum Gasteiger partial charge on any atom is -0.489 e. The van der Waals surface area contributed by atoms with Gasteiger partial charge in [0.2, 0.25) is 0 Å². The lowest BCUT2D eigenvalue weighted by Gasteiger charge is -2.39. The van der Waals surface area contributed by atoms with Crippen LogP contribution in [0.3, 0.4) is 0 Å². The maximum Gasteiger partial charge on any atom is 0.124 e. The van der Waals surface area contributed by atoms with Crippen LogP contribution in [0.15, 0.2) is 18.2 Å². The molecule has 21 heavy (non-hydrogen) atoms. The summed E-state index contributed by atoms with van der Waals surface area (Å²) in [6.45, 7) is 8.95. The van der Waals surface area contributed by atoms with E-state index in [1.807, 2.05) is 6.92 Å². The van der Waals surface area contributed by atoms with Crippen molar-refractivity contribution in [2.24, 2.45) is 22.5 Å². The smallest absolute Gasteiger partial charge is 0.124 e. The Bertz CT molecular complexity index is 554. The molecule has 2 bridgehead atoms. The molecule has 2 aliphatic rings. The van der Waals surface area contributed by atoms with Crippen LogP contribution in [0.5, 0.6) is 5.75 Å². The van der Waals surface area contributed by atoms with Crippen molar-refractivity contribution in [3.05, 3.63) is 29.6 Å². The molecule has 0 spiro atoms. The second kappa shape index (κ2) is 4.70. The maximum absolute atomic E-state index is 13.5. The van der Waals surface area contributed by atoms with E-state index in [0.29, 0.717) is 5.41 Å². The minimum absolute atomic E-state index is 0.196. The summed E-state index contributed by atoms with van der Waals surface area (Å²) in [5.74, 6) is 1.22. The van der Waals surface area contributed by atoms with Crippen molar-refractivity contribution in [3.63, 3.8) is 0 Å². The SMILES string of the molecule is CC(N)c1cc(F)ccc1OC1CC2CCC1(C)C2(C)C. The van der Waals surface area contributed by atoms with Crippen molar-refractivity contribution in [3.8, 4) is 5.75 Å². The zero-order valence-corrected chi connectivity index (χ0v) is 13.4. The van der Waals surface area contributed by atoms with Gasteiger partial charge in [0.25, 0.3) is 0 Å². The lowest BCUT2D eigenvalue weighted by Crippen LogP contribution is -2.39. The van der Waals surface area contributed by atoms with E-state index in [9.17, 15) is 4.39 Å². The molecule has 0 aromatic heterocycles. The second-order valence-electron chi connectivity index (χ2n) is 7.69. The van der Waals surface area contributed by atoms with Gasteiger partial charge in [-0.25, -0.2) is 4.39 Å². The highest BCUT2D eigenvalue weighted by atomic mass is 19.1. The van der Waals surface area contributed by atoms with Crippen LogP contribution in [-0.4, -0.2) is 6.10 Å². The van der Waals surface area contributed by atoms with Crippen LogP contribution < -0.4 is 10.5 Å². The molecular formula is C18H26FNO. The van der Waals surface area contributed by atoms with Crippen LogP contribution in [-0.2, 0) is 0 Å². The van der Waals surface area contributed by atoms with Crippen molar-refractivity contribution >= 4 is 0 Å². The van der Waals surface area contributed by atoms with Crippen LogP contribution in [0.1, 0.15) is 58.6 Å². The Labute approximate surface area is 126 Å². The Morgan fingerprint density at radius 2 is 2.05 bits per heavy atom. The van der Waals surface area contributed by atoms with Crippen molar-refractivity contribution in [1.82, 2.24) is 0 Å². The molecule has 0 heterocycles. The molecule has 2 nitrogen and oxygen atoms in total. The molecule has 2 N–H and O–H groups in total. The molecule has 4 unspecified atom stereocenters. The fourth-order valence-electron chi connectivity index (χ4n) is 4.44. The second-order valence-corrected chi connectivity index (χ2v) is 7.69. The predicted molar refractivity (Wildman–Crippen MR) is 82.6 cm³/mol. The molecular weight excluding hydrogens is 265 g/mol. The van der Waals surface area contributed by atoms with Crippen LogP contribution in [0.4, 0.5) is 4.39 Å². The van der Waals surface area contributed by atoms with Crippen molar-refractivity contribution in [1.29, 1.82) is 0 Å². The molecule has 116 valence electrons. The summed E-state index contributed by atoms with van der Waals surface area (Å²) in [6, 6.07) is 4.47. The lowest BCUT2D eigenvalue weighted by molar-refractivity contribution is 0.0293. The number of hydrogen-bond donors (Lipinski definition) is 1. The normalized spacial score (nSPS) is 35.0. The van der Waals surface area contributed by atoms with E-state index in [2.05, 4.69) is 20.8 Å². The van der Waals surface area contributed by atoms with E-state index in [1.165, 1.54) is 25.0 Å². The lowest BCUT2D eigenvalue weighted by atomic mass is 9.70. The third-order valence-corrected chi connectivity index (χ3v) is 6.45. The average Bonchev–Trinajstić information content (AvgIpc) is 2.73. The fourth-order valence-corrected chi connectivity index (χ4v) is 4.44. The number of nitrogens with two attached hydrogens (primary N) is 1. The first-order valence-corrected chi connectivity index (χ1v) is 7.97. The van der Waals surface area contributed by atoms with Gasteiger partial charge in [-0.3, -0.25) is 0 Å². The van der Waals surface area contributed by atoms with Gasteiger partial charge in [-0.05, 0) is 55.7 Å². The number of fused-ring (bicyclic) bond motifs is 2. The van der Waals surface area contributed by atoms with E-state index in [1.54, 1.807) is 6.07 Å². The van der Waals surface area contributed by atoms with Gasteiger partial charge in [0.1, 0.15) is 17.7 Å². The Morgan fingerprint density at radius 1 is 1.33 bits per heavy atom. The highest BCUT2D eigenvalue weighted by Gasteiger charge is 2.62. The summed E-state index contributed by atoms with van der Waals surface area (Å²) < 4.78 is 19.8. The van der Waals surface area contributed by atoms with Crippen molar-refractivity contribution in [2.75, 3.05) is 0 Å². The average molecular weight is 291 g/mol. The molecule has 1 aromatic rings. The zero-order valence-electron chi connectivity index (χ0n) is 13.4. The van der Waals surface area contributed by atoms with Gasteiger partial charge in [-0.15, -0.1) is 0 Å². The number of ether oxygens (including phenoxy) is 1. The van der Waals surface area contributed by atoms with Crippen molar-refractivity contribution < 1.29 is 9.13 Å². The number of rotatable bonds is 3. The van der Waals surface area contributed by atoms with Gasteiger partial charge in [0.15, 0.2) is 0 Å².